The topological polar surface area (TPSA) is 69.7 Å². The lowest BCUT2D eigenvalue weighted by molar-refractivity contribution is -0.216. The first-order valence-corrected chi connectivity index (χ1v) is 10.5. The Balaban J connectivity index is 1.30. The summed E-state index contributed by atoms with van der Waals surface area (Å²) in [6.45, 7) is 2.14. The number of rotatable bonds is 3. The van der Waals surface area contributed by atoms with Crippen molar-refractivity contribution in [1.82, 2.24) is 0 Å². The summed E-state index contributed by atoms with van der Waals surface area (Å²) < 4.78 is 11.6. The molecule has 5 unspecified atom stereocenters. The van der Waals surface area contributed by atoms with E-state index in [9.17, 15) is 14.4 Å². The first-order valence-electron chi connectivity index (χ1n) is 10.5. The summed E-state index contributed by atoms with van der Waals surface area (Å²) in [5, 5.41) is 0. The van der Waals surface area contributed by atoms with E-state index in [1.165, 1.54) is 32.1 Å². The Morgan fingerprint density at radius 3 is 2.35 bits per heavy atom. The number of ketones is 1. The van der Waals surface area contributed by atoms with Crippen LogP contribution in [-0.4, -0.2) is 29.4 Å². The molecule has 5 atom stereocenters. The predicted octanol–water partition coefficient (Wildman–Crippen LogP) is 2.51. The Kier molecular flexibility index (Phi) is 2.95. The maximum atomic E-state index is 13.3. The predicted molar refractivity (Wildman–Crippen MR) is 89.6 cm³/mol. The van der Waals surface area contributed by atoms with Crippen LogP contribution in [0.3, 0.4) is 0 Å². The van der Waals surface area contributed by atoms with Gasteiger partial charge in [-0.2, -0.15) is 0 Å². The van der Waals surface area contributed by atoms with Crippen LogP contribution in [-0.2, 0) is 23.9 Å². The first kappa shape index (κ1) is 15.6. The Hall–Kier alpha value is -1.39. The van der Waals surface area contributed by atoms with Gasteiger partial charge in [0.05, 0.1) is 11.8 Å². The fraction of sp³-hybridized carbons (Fsp3) is 0.857. The largest absolute Gasteiger partial charge is 0.458 e. The van der Waals surface area contributed by atoms with E-state index in [0.29, 0.717) is 18.3 Å². The van der Waals surface area contributed by atoms with Gasteiger partial charge in [0.1, 0.15) is 5.60 Å². The third-order valence-corrected chi connectivity index (χ3v) is 8.99. The van der Waals surface area contributed by atoms with Gasteiger partial charge in [0.2, 0.25) is 0 Å². The van der Waals surface area contributed by atoms with E-state index in [4.69, 9.17) is 9.47 Å². The zero-order valence-electron chi connectivity index (χ0n) is 15.2. The number of fused-ring (bicyclic) bond motifs is 1. The number of carbonyl (C=O) groups excluding carboxylic acids is 3. The van der Waals surface area contributed by atoms with Crippen LogP contribution in [0.4, 0.5) is 0 Å². The van der Waals surface area contributed by atoms with E-state index in [1.807, 2.05) is 0 Å². The van der Waals surface area contributed by atoms with E-state index < -0.39 is 17.9 Å². The lowest BCUT2D eigenvalue weighted by Gasteiger charge is -2.60. The summed E-state index contributed by atoms with van der Waals surface area (Å²) in [5.41, 5.74) is -0.364. The van der Waals surface area contributed by atoms with Crippen LogP contribution in [0.5, 0.6) is 0 Å². The van der Waals surface area contributed by atoms with Crippen molar-refractivity contribution in [1.29, 1.82) is 0 Å². The molecule has 1 heterocycles. The van der Waals surface area contributed by atoms with Crippen LogP contribution in [0.25, 0.3) is 0 Å². The number of hydrogen-bond acceptors (Lipinski definition) is 5. The zero-order chi connectivity index (χ0) is 17.8. The molecule has 7 fully saturated rings. The smallest absolute Gasteiger partial charge is 0.311 e. The van der Waals surface area contributed by atoms with E-state index in [-0.39, 0.29) is 35.2 Å². The molecule has 1 aliphatic heterocycles. The van der Waals surface area contributed by atoms with Gasteiger partial charge in [-0.15, -0.1) is 0 Å². The standard InChI is InChI=1S/C21H26O5/c1-2-21(11-4-9-3-10(6-11)7-12(21)5-9)26-20(24)15-13-8-14-16(15)19(23)25-18(14)17(13)22/h9-16,18H,2-8H2,1H3. The van der Waals surface area contributed by atoms with Crippen molar-refractivity contribution in [2.45, 2.75) is 63.6 Å². The van der Waals surface area contributed by atoms with Gasteiger partial charge in [0.15, 0.2) is 11.9 Å². The van der Waals surface area contributed by atoms with Crippen molar-refractivity contribution in [3.63, 3.8) is 0 Å². The van der Waals surface area contributed by atoms with Gasteiger partial charge in [-0.3, -0.25) is 14.4 Å². The summed E-state index contributed by atoms with van der Waals surface area (Å²) in [4.78, 5) is 38.0. The second-order valence-corrected chi connectivity index (χ2v) is 9.85. The first-order chi connectivity index (χ1) is 12.5. The van der Waals surface area contributed by atoms with Gasteiger partial charge in [0, 0.05) is 11.8 Å². The van der Waals surface area contributed by atoms with Crippen molar-refractivity contribution >= 4 is 17.7 Å². The molecule has 7 aliphatic rings. The number of carbonyl (C=O) groups is 3. The Morgan fingerprint density at radius 2 is 1.73 bits per heavy atom. The highest BCUT2D eigenvalue weighted by Gasteiger charge is 2.70. The van der Waals surface area contributed by atoms with Crippen molar-refractivity contribution in [2.75, 3.05) is 0 Å². The molecule has 6 aliphatic carbocycles. The molecule has 6 bridgehead atoms. The molecule has 0 aromatic carbocycles. The number of esters is 2. The summed E-state index contributed by atoms with van der Waals surface area (Å²) in [6, 6.07) is 0. The maximum Gasteiger partial charge on any atom is 0.311 e. The quantitative estimate of drug-likeness (QED) is 0.725. The highest BCUT2D eigenvalue weighted by molar-refractivity contribution is 6.01. The Morgan fingerprint density at radius 1 is 1.08 bits per heavy atom. The summed E-state index contributed by atoms with van der Waals surface area (Å²) in [7, 11) is 0. The maximum absolute atomic E-state index is 13.3. The Bertz CT molecular complexity index is 683. The van der Waals surface area contributed by atoms with Crippen LogP contribution >= 0.6 is 0 Å². The average molecular weight is 358 g/mol. The molecule has 26 heavy (non-hydrogen) atoms. The van der Waals surface area contributed by atoms with Crippen molar-refractivity contribution < 1.29 is 23.9 Å². The van der Waals surface area contributed by atoms with Gasteiger partial charge >= 0.3 is 11.9 Å². The molecule has 0 amide bonds. The Labute approximate surface area is 153 Å². The SMILES string of the molecule is CCC1(OC(=O)C2C3CC4C(OC(=O)C42)C3=O)C2CC3CC(C2)CC1C3. The third-order valence-electron chi connectivity index (χ3n) is 8.99. The second-order valence-electron chi connectivity index (χ2n) is 9.85. The van der Waals surface area contributed by atoms with Gasteiger partial charge in [-0.05, 0) is 68.6 Å². The average Bonchev–Trinajstić information content (AvgIpc) is 3.22. The van der Waals surface area contributed by atoms with Gasteiger partial charge in [-0.25, -0.2) is 0 Å². The fourth-order valence-corrected chi connectivity index (χ4v) is 8.16. The van der Waals surface area contributed by atoms with Crippen LogP contribution in [0.2, 0.25) is 0 Å². The second kappa shape index (κ2) is 4.90. The van der Waals surface area contributed by atoms with Crippen molar-refractivity contribution in [3.8, 4) is 0 Å². The molecule has 5 nitrogen and oxygen atoms in total. The van der Waals surface area contributed by atoms with Crippen molar-refractivity contribution in [2.24, 2.45) is 47.3 Å². The molecular formula is C21H26O5. The monoisotopic (exact) mass is 358 g/mol. The normalized spacial score (nSPS) is 55.5. The lowest BCUT2D eigenvalue weighted by atomic mass is 9.49. The van der Waals surface area contributed by atoms with E-state index in [2.05, 4.69) is 6.92 Å². The van der Waals surface area contributed by atoms with E-state index >= 15 is 0 Å². The molecule has 0 aromatic rings. The van der Waals surface area contributed by atoms with E-state index in [0.717, 1.165) is 18.3 Å². The minimum Gasteiger partial charge on any atom is -0.458 e. The molecule has 7 rings (SSSR count). The summed E-state index contributed by atoms with van der Waals surface area (Å²) >= 11 is 0. The summed E-state index contributed by atoms with van der Waals surface area (Å²) in [6.07, 6.45) is 6.96. The fourth-order valence-electron chi connectivity index (χ4n) is 8.16. The van der Waals surface area contributed by atoms with Crippen LogP contribution in [0.1, 0.15) is 51.9 Å². The number of Topliss-reactive ketones (excluding diaryl/α,β-unsaturated/α-hetero) is 1. The zero-order valence-corrected chi connectivity index (χ0v) is 15.2. The van der Waals surface area contributed by atoms with E-state index in [1.54, 1.807) is 0 Å². The molecule has 0 N–H and O–H groups in total. The van der Waals surface area contributed by atoms with Crippen LogP contribution in [0, 0.1) is 47.3 Å². The van der Waals surface area contributed by atoms with Gasteiger partial charge in [0.25, 0.3) is 0 Å². The summed E-state index contributed by atoms with van der Waals surface area (Å²) in [5.74, 6) is 0.364. The molecule has 0 aromatic heterocycles. The molecule has 1 saturated heterocycles. The van der Waals surface area contributed by atoms with Crippen LogP contribution in [0.15, 0.2) is 0 Å². The minimum absolute atomic E-state index is 0.0466. The van der Waals surface area contributed by atoms with Gasteiger partial charge in [-0.1, -0.05) is 6.92 Å². The van der Waals surface area contributed by atoms with Gasteiger partial charge < -0.3 is 9.47 Å². The highest BCUT2D eigenvalue weighted by atomic mass is 16.6. The molecular weight excluding hydrogens is 332 g/mol. The van der Waals surface area contributed by atoms with Crippen molar-refractivity contribution in [3.05, 3.63) is 0 Å². The molecule has 140 valence electrons. The third kappa shape index (κ3) is 1.71. The molecule has 0 spiro atoms. The minimum atomic E-state index is -0.598. The number of ether oxygens (including phenoxy) is 2. The lowest BCUT2D eigenvalue weighted by Crippen LogP contribution is -2.60. The molecule has 0 radical (unpaired) electrons. The number of hydrogen-bond donors (Lipinski definition) is 0. The molecule has 5 heteroatoms. The van der Waals surface area contributed by atoms with Crippen LogP contribution < -0.4 is 0 Å². The highest BCUT2D eigenvalue weighted by Crippen LogP contribution is 2.62. The molecule has 6 saturated carbocycles.